The molecule has 59 heavy (non-hydrogen) atoms. The quantitative estimate of drug-likeness (QED) is 0.0345. The fraction of sp³-hybridized carbons (Fsp3) is 0.943. The minimum absolute atomic E-state index is 0.0641. The molecule has 0 aliphatic rings. The van der Waals surface area contributed by atoms with Crippen LogP contribution in [-0.2, 0) is 28.6 Å². The van der Waals surface area contributed by atoms with Crippen molar-refractivity contribution < 1.29 is 28.6 Å². The Hall–Kier alpha value is -1.59. The Bertz CT molecular complexity index is 902. The molecule has 0 rings (SSSR count). The average molecular weight is 835 g/mol. The molecule has 0 aromatic rings. The van der Waals surface area contributed by atoms with Gasteiger partial charge in [0.05, 0.1) is 0 Å². The first-order chi connectivity index (χ1) is 28.8. The molecule has 0 aliphatic heterocycles. The van der Waals surface area contributed by atoms with Crippen LogP contribution in [0, 0.1) is 11.8 Å². The number of ether oxygens (including phenoxy) is 3. The van der Waals surface area contributed by atoms with Crippen LogP contribution < -0.4 is 0 Å². The number of hydrogen-bond donors (Lipinski definition) is 0. The van der Waals surface area contributed by atoms with E-state index in [1.54, 1.807) is 0 Å². The van der Waals surface area contributed by atoms with Crippen LogP contribution in [0.3, 0.4) is 0 Å². The molecule has 0 bridgehead atoms. The molecule has 6 heteroatoms. The van der Waals surface area contributed by atoms with Gasteiger partial charge in [0, 0.05) is 19.3 Å². The van der Waals surface area contributed by atoms with Crippen molar-refractivity contribution in [3.8, 4) is 0 Å². The molecule has 0 spiro atoms. The van der Waals surface area contributed by atoms with Crippen molar-refractivity contribution in [2.45, 2.75) is 298 Å². The summed E-state index contributed by atoms with van der Waals surface area (Å²) in [6.07, 6.45) is 46.6. The summed E-state index contributed by atoms with van der Waals surface area (Å²) in [4.78, 5) is 37.9. The Morgan fingerprint density at radius 1 is 0.356 bits per heavy atom. The van der Waals surface area contributed by atoms with Gasteiger partial charge >= 0.3 is 17.9 Å². The lowest BCUT2D eigenvalue weighted by atomic mass is 9.99. The second-order valence-electron chi connectivity index (χ2n) is 18.9. The zero-order chi connectivity index (χ0) is 43.3. The highest BCUT2D eigenvalue weighted by atomic mass is 16.6. The Labute approximate surface area is 368 Å². The maximum absolute atomic E-state index is 12.8. The fourth-order valence-electron chi connectivity index (χ4n) is 7.96. The number of unbranched alkanes of at least 4 members (excludes halogenated alkanes) is 31. The van der Waals surface area contributed by atoms with E-state index in [9.17, 15) is 14.4 Å². The fourth-order valence-corrected chi connectivity index (χ4v) is 7.96. The van der Waals surface area contributed by atoms with Gasteiger partial charge in [-0.2, -0.15) is 0 Å². The predicted octanol–water partition coefficient (Wildman–Crippen LogP) is 16.9. The average Bonchev–Trinajstić information content (AvgIpc) is 3.22. The molecule has 0 fully saturated rings. The summed E-state index contributed by atoms with van der Waals surface area (Å²) in [6.45, 7) is 11.4. The van der Waals surface area contributed by atoms with Gasteiger partial charge < -0.3 is 14.2 Å². The molecule has 0 aliphatic carbocycles. The summed E-state index contributed by atoms with van der Waals surface area (Å²) < 4.78 is 16.8. The molecule has 0 aromatic heterocycles. The predicted molar refractivity (Wildman–Crippen MR) is 252 cm³/mol. The molecular formula is C53H102O6. The third-order valence-corrected chi connectivity index (χ3v) is 12.3. The molecule has 350 valence electrons. The van der Waals surface area contributed by atoms with Gasteiger partial charge in [0.1, 0.15) is 13.2 Å². The van der Waals surface area contributed by atoms with Gasteiger partial charge in [-0.05, 0) is 31.1 Å². The van der Waals surface area contributed by atoms with E-state index in [4.69, 9.17) is 14.2 Å². The van der Waals surface area contributed by atoms with Crippen LogP contribution in [0.2, 0.25) is 0 Å². The summed E-state index contributed by atoms with van der Waals surface area (Å²) in [5.74, 6) is 0.817. The summed E-state index contributed by atoms with van der Waals surface area (Å²) >= 11 is 0. The van der Waals surface area contributed by atoms with E-state index >= 15 is 0 Å². The summed E-state index contributed by atoms with van der Waals surface area (Å²) in [5, 5.41) is 0. The van der Waals surface area contributed by atoms with Crippen molar-refractivity contribution in [1.82, 2.24) is 0 Å². The number of rotatable bonds is 47. The molecule has 0 heterocycles. The minimum atomic E-state index is -0.762. The Balaban J connectivity index is 4.31. The molecule has 0 aromatic carbocycles. The van der Waals surface area contributed by atoms with Crippen LogP contribution in [0.25, 0.3) is 0 Å². The smallest absolute Gasteiger partial charge is 0.306 e. The zero-order valence-corrected chi connectivity index (χ0v) is 40.4. The van der Waals surface area contributed by atoms with Gasteiger partial charge in [0.15, 0.2) is 6.10 Å². The van der Waals surface area contributed by atoms with Crippen molar-refractivity contribution in [3.05, 3.63) is 0 Å². The van der Waals surface area contributed by atoms with Gasteiger partial charge in [-0.25, -0.2) is 0 Å². The van der Waals surface area contributed by atoms with E-state index in [-0.39, 0.29) is 31.1 Å². The van der Waals surface area contributed by atoms with E-state index in [0.29, 0.717) is 19.3 Å². The van der Waals surface area contributed by atoms with Crippen LogP contribution >= 0.6 is 0 Å². The Morgan fingerprint density at radius 3 is 0.966 bits per heavy atom. The monoisotopic (exact) mass is 835 g/mol. The van der Waals surface area contributed by atoms with Crippen LogP contribution in [0.1, 0.15) is 291 Å². The van der Waals surface area contributed by atoms with Crippen molar-refractivity contribution in [1.29, 1.82) is 0 Å². The number of carbonyl (C=O) groups is 3. The minimum Gasteiger partial charge on any atom is -0.462 e. The van der Waals surface area contributed by atoms with E-state index in [1.807, 2.05) is 0 Å². The SMILES string of the molecule is CCCCCCCCCCCCCCCCCCC(=O)O[C@H](COC(=O)CCCCCCCCCCCCC(C)CC)COC(=O)CCCCCCCCCCC(C)C. The molecule has 0 saturated carbocycles. The van der Waals surface area contributed by atoms with Gasteiger partial charge in [0.2, 0.25) is 0 Å². The molecule has 6 nitrogen and oxygen atoms in total. The van der Waals surface area contributed by atoms with E-state index in [1.165, 1.54) is 180 Å². The van der Waals surface area contributed by atoms with E-state index in [2.05, 4.69) is 34.6 Å². The lowest BCUT2D eigenvalue weighted by Crippen LogP contribution is -2.30. The maximum Gasteiger partial charge on any atom is 0.306 e. The molecule has 1 unspecified atom stereocenters. The van der Waals surface area contributed by atoms with Crippen LogP contribution in [0.5, 0.6) is 0 Å². The molecule has 2 atom stereocenters. The number of esters is 3. The highest BCUT2D eigenvalue weighted by Gasteiger charge is 2.19. The van der Waals surface area contributed by atoms with Crippen LogP contribution in [0.4, 0.5) is 0 Å². The second kappa shape index (κ2) is 45.9. The zero-order valence-electron chi connectivity index (χ0n) is 40.4. The maximum atomic E-state index is 12.8. The third-order valence-electron chi connectivity index (χ3n) is 12.3. The Kier molecular flexibility index (Phi) is 44.7. The van der Waals surface area contributed by atoms with Crippen molar-refractivity contribution in [2.75, 3.05) is 13.2 Å². The van der Waals surface area contributed by atoms with Crippen LogP contribution in [-0.4, -0.2) is 37.2 Å². The Morgan fingerprint density at radius 2 is 0.644 bits per heavy atom. The molecule has 0 saturated heterocycles. The van der Waals surface area contributed by atoms with Crippen molar-refractivity contribution in [2.24, 2.45) is 11.8 Å². The van der Waals surface area contributed by atoms with Gasteiger partial charge in [-0.3, -0.25) is 14.4 Å². The standard InChI is InChI=1S/C53H102O6/c1-6-8-9-10-11-12-13-14-15-16-17-18-23-30-35-40-45-53(56)59-50(47-58-52(55)44-39-34-29-25-24-26-31-36-41-48(3)4)46-57-51(54)43-38-33-28-22-20-19-21-27-32-37-42-49(5)7-2/h48-50H,6-47H2,1-5H3/t49?,50-/m1/s1. The number of hydrogen-bond acceptors (Lipinski definition) is 6. The molecule has 0 amide bonds. The molecular weight excluding hydrogens is 733 g/mol. The first kappa shape index (κ1) is 57.4. The van der Waals surface area contributed by atoms with Gasteiger partial charge in [-0.15, -0.1) is 0 Å². The number of carbonyl (C=O) groups excluding carboxylic acids is 3. The molecule has 0 N–H and O–H groups in total. The van der Waals surface area contributed by atoms with E-state index in [0.717, 1.165) is 69.6 Å². The summed E-state index contributed by atoms with van der Waals surface area (Å²) in [7, 11) is 0. The largest absolute Gasteiger partial charge is 0.462 e. The first-order valence-electron chi connectivity index (χ1n) is 26.3. The van der Waals surface area contributed by atoms with Gasteiger partial charge in [-0.1, -0.05) is 253 Å². The lowest BCUT2D eigenvalue weighted by molar-refractivity contribution is -0.167. The lowest BCUT2D eigenvalue weighted by Gasteiger charge is -2.18. The van der Waals surface area contributed by atoms with Crippen LogP contribution in [0.15, 0.2) is 0 Å². The highest BCUT2D eigenvalue weighted by Crippen LogP contribution is 2.18. The second-order valence-corrected chi connectivity index (χ2v) is 18.9. The molecule has 0 radical (unpaired) electrons. The van der Waals surface area contributed by atoms with E-state index < -0.39 is 6.10 Å². The van der Waals surface area contributed by atoms with Crippen molar-refractivity contribution >= 4 is 17.9 Å². The van der Waals surface area contributed by atoms with Gasteiger partial charge in [0.25, 0.3) is 0 Å². The van der Waals surface area contributed by atoms with Crippen molar-refractivity contribution in [3.63, 3.8) is 0 Å². The third kappa shape index (κ3) is 45.8. The topological polar surface area (TPSA) is 78.9 Å². The summed E-state index contributed by atoms with van der Waals surface area (Å²) in [6, 6.07) is 0. The first-order valence-corrected chi connectivity index (χ1v) is 26.3. The summed E-state index contributed by atoms with van der Waals surface area (Å²) in [5.41, 5.74) is 0. The highest BCUT2D eigenvalue weighted by molar-refractivity contribution is 5.71. The normalized spacial score (nSPS) is 12.5.